The number of hydrogen-bond acceptors (Lipinski definition) is 2. The van der Waals surface area contributed by atoms with Crippen molar-refractivity contribution in [2.24, 2.45) is 5.92 Å². The van der Waals surface area contributed by atoms with Gasteiger partial charge in [-0.1, -0.05) is 18.6 Å². The largest absolute Gasteiger partial charge is 0.355 e. The Morgan fingerprint density at radius 1 is 1.37 bits per heavy atom. The molecule has 0 atom stereocenters. The van der Waals surface area contributed by atoms with E-state index in [-0.39, 0.29) is 5.91 Å². The molecule has 0 unspecified atom stereocenters. The SMILES string of the molecule is CC1CCN(CC(=O)NCCC2=CCCCC2)CC1. The molecule has 1 saturated heterocycles. The number of nitrogens with zero attached hydrogens (tertiary/aromatic N) is 1. The second kappa shape index (κ2) is 7.68. The second-order valence-electron chi connectivity index (χ2n) is 6.17. The number of allylic oxidation sites excluding steroid dienone is 1. The van der Waals surface area contributed by atoms with Crippen LogP contribution in [0.5, 0.6) is 0 Å². The molecule has 2 rings (SSSR count). The van der Waals surface area contributed by atoms with Gasteiger partial charge in [-0.05, 0) is 64.0 Å². The van der Waals surface area contributed by atoms with Crippen LogP contribution in [0.2, 0.25) is 0 Å². The number of nitrogens with one attached hydrogen (secondary N) is 1. The predicted octanol–water partition coefficient (Wildman–Crippen LogP) is 2.73. The summed E-state index contributed by atoms with van der Waals surface area (Å²) in [5, 5.41) is 3.07. The molecule has 108 valence electrons. The van der Waals surface area contributed by atoms with Gasteiger partial charge in [-0.15, -0.1) is 0 Å². The molecule has 0 radical (unpaired) electrons. The normalized spacial score (nSPS) is 22.1. The van der Waals surface area contributed by atoms with E-state index in [1.807, 2.05) is 0 Å². The van der Waals surface area contributed by atoms with Gasteiger partial charge in [0.05, 0.1) is 6.54 Å². The minimum Gasteiger partial charge on any atom is -0.355 e. The number of amides is 1. The highest BCUT2D eigenvalue weighted by atomic mass is 16.2. The summed E-state index contributed by atoms with van der Waals surface area (Å²) in [6.07, 6.45) is 11.0. The van der Waals surface area contributed by atoms with Gasteiger partial charge in [-0.25, -0.2) is 0 Å². The maximum Gasteiger partial charge on any atom is 0.234 e. The Balaban J connectivity index is 1.58. The summed E-state index contributed by atoms with van der Waals surface area (Å²) in [4.78, 5) is 14.1. The van der Waals surface area contributed by atoms with E-state index in [1.165, 1.54) is 38.5 Å². The van der Waals surface area contributed by atoms with E-state index >= 15 is 0 Å². The Labute approximate surface area is 117 Å². The van der Waals surface area contributed by atoms with Crippen LogP contribution in [0, 0.1) is 5.92 Å². The average Bonchev–Trinajstić information content (AvgIpc) is 2.43. The minimum atomic E-state index is 0.200. The van der Waals surface area contributed by atoms with Crippen LogP contribution in [0.25, 0.3) is 0 Å². The molecule has 0 bridgehead atoms. The fraction of sp³-hybridized carbons (Fsp3) is 0.812. The topological polar surface area (TPSA) is 32.3 Å². The standard InChI is InChI=1S/C16H28N2O/c1-14-8-11-18(12-9-14)13-16(19)17-10-7-15-5-3-2-4-6-15/h5,14H,2-4,6-13H2,1H3,(H,17,19). The van der Waals surface area contributed by atoms with Crippen LogP contribution in [0.15, 0.2) is 11.6 Å². The van der Waals surface area contributed by atoms with Gasteiger partial charge >= 0.3 is 0 Å². The smallest absolute Gasteiger partial charge is 0.234 e. The number of hydrogen-bond donors (Lipinski definition) is 1. The Bertz CT molecular complexity index is 317. The van der Waals surface area contributed by atoms with Crippen molar-refractivity contribution in [3.63, 3.8) is 0 Å². The molecular weight excluding hydrogens is 236 g/mol. The highest BCUT2D eigenvalue weighted by Gasteiger charge is 2.17. The van der Waals surface area contributed by atoms with Gasteiger partial charge in [0.2, 0.25) is 5.91 Å². The summed E-state index contributed by atoms with van der Waals surface area (Å²) in [5.74, 6) is 1.03. The monoisotopic (exact) mass is 264 g/mol. The van der Waals surface area contributed by atoms with E-state index in [2.05, 4.69) is 23.2 Å². The number of likely N-dealkylation sites (tertiary alicyclic amines) is 1. The van der Waals surface area contributed by atoms with Crippen LogP contribution in [0.4, 0.5) is 0 Å². The lowest BCUT2D eigenvalue weighted by Gasteiger charge is -2.29. The van der Waals surface area contributed by atoms with E-state index in [9.17, 15) is 4.79 Å². The number of carbonyl (C=O) groups excluding carboxylic acids is 1. The third-order valence-electron chi connectivity index (χ3n) is 4.40. The summed E-state index contributed by atoms with van der Waals surface area (Å²) in [7, 11) is 0. The zero-order valence-electron chi connectivity index (χ0n) is 12.3. The van der Waals surface area contributed by atoms with Gasteiger partial charge in [0.1, 0.15) is 0 Å². The van der Waals surface area contributed by atoms with Gasteiger partial charge in [-0.3, -0.25) is 9.69 Å². The fourth-order valence-electron chi connectivity index (χ4n) is 2.97. The van der Waals surface area contributed by atoms with Crippen molar-refractivity contribution < 1.29 is 4.79 Å². The highest BCUT2D eigenvalue weighted by molar-refractivity contribution is 5.78. The zero-order valence-corrected chi connectivity index (χ0v) is 12.3. The summed E-state index contributed by atoms with van der Waals surface area (Å²) in [6, 6.07) is 0. The first-order chi connectivity index (χ1) is 9.24. The van der Waals surface area contributed by atoms with Crippen LogP contribution in [-0.2, 0) is 4.79 Å². The molecule has 1 N–H and O–H groups in total. The summed E-state index contributed by atoms with van der Waals surface area (Å²) in [5.41, 5.74) is 1.54. The average molecular weight is 264 g/mol. The molecule has 1 aliphatic carbocycles. The summed E-state index contributed by atoms with van der Waals surface area (Å²) < 4.78 is 0. The lowest BCUT2D eigenvalue weighted by molar-refractivity contribution is -0.122. The van der Waals surface area contributed by atoms with Crippen molar-refractivity contribution in [2.75, 3.05) is 26.2 Å². The van der Waals surface area contributed by atoms with Crippen molar-refractivity contribution in [3.8, 4) is 0 Å². The van der Waals surface area contributed by atoms with Crippen molar-refractivity contribution in [1.29, 1.82) is 0 Å². The van der Waals surface area contributed by atoms with Gasteiger partial charge in [-0.2, -0.15) is 0 Å². The molecule has 1 aliphatic heterocycles. The van der Waals surface area contributed by atoms with E-state index in [0.29, 0.717) is 6.54 Å². The van der Waals surface area contributed by atoms with Crippen LogP contribution >= 0.6 is 0 Å². The molecule has 19 heavy (non-hydrogen) atoms. The first-order valence-corrected chi connectivity index (χ1v) is 7.91. The van der Waals surface area contributed by atoms with Crippen LogP contribution in [0.1, 0.15) is 51.9 Å². The fourth-order valence-corrected chi connectivity index (χ4v) is 2.97. The summed E-state index contributed by atoms with van der Waals surface area (Å²) >= 11 is 0. The Kier molecular flexibility index (Phi) is 5.90. The number of piperidine rings is 1. The van der Waals surface area contributed by atoms with Gasteiger partial charge in [0, 0.05) is 6.54 Å². The lowest BCUT2D eigenvalue weighted by Crippen LogP contribution is -2.41. The predicted molar refractivity (Wildman–Crippen MR) is 79.0 cm³/mol. The summed E-state index contributed by atoms with van der Waals surface area (Å²) in [6.45, 7) is 5.87. The van der Waals surface area contributed by atoms with Crippen LogP contribution < -0.4 is 5.32 Å². The van der Waals surface area contributed by atoms with Gasteiger partial charge < -0.3 is 5.32 Å². The molecular formula is C16H28N2O. The molecule has 0 saturated carbocycles. The Morgan fingerprint density at radius 2 is 2.16 bits per heavy atom. The van der Waals surface area contributed by atoms with Gasteiger partial charge in [0.15, 0.2) is 0 Å². The molecule has 0 aromatic carbocycles. The lowest BCUT2D eigenvalue weighted by atomic mass is 9.97. The minimum absolute atomic E-state index is 0.200. The third-order valence-corrected chi connectivity index (χ3v) is 4.40. The first-order valence-electron chi connectivity index (χ1n) is 7.91. The Hall–Kier alpha value is -0.830. The third kappa shape index (κ3) is 5.35. The van der Waals surface area contributed by atoms with Gasteiger partial charge in [0.25, 0.3) is 0 Å². The van der Waals surface area contributed by atoms with Crippen molar-refractivity contribution >= 4 is 5.91 Å². The second-order valence-corrected chi connectivity index (χ2v) is 6.17. The Morgan fingerprint density at radius 3 is 2.84 bits per heavy atom. The van der Waals surface area contributed by atoms with E-state index in [0.717, 1.165) is 32.0 Å². The molecule has 1 heterocycles. The van der Waals surface area contributed by atoms with E-state index < -0.39 is 0 Å². The maximum atomic E-state index is 11.9. The van der Waals surface area contributed by atoms with Crippen molar-refractivity contribution in [2.45, 2.75) is 51.9 Å². The quantitative estimate of drug-likeness (QED) is 0.774. The molecule has 1 amide bonds. The molecule has 3 heteroatoms. The molecule has 0 aromatic heterocycles. The highest BCUT2D eigenvalue weighted by Crippen LogP contribution is 2.19. The number of carbonyl (C=O) groups is 1. The number of rotatable bonds is 5. The van der Waals surface area contributed by atoms with Crippen LogP contribution in [0.3, 0.4) is 0 Å². The van der Waals surface area contributed by atoms with E-state index in [1.54, 1.807) is 5.57 Å². The zero-order chi connectivity index (χ0) is 13.5. The maximum absolute atomic E-state index is 11.9. The molecule has 2 aliphatic rings. The first kappa shape index (κ1) is 14.6. The van der Waals surface area contributed by atoms with Crippen molar-refractivity contribution in [3.05, 3.63) is 11.6 Å². The molecule has 3 nitrogen and oxygen atoms in total. The van der Waals surface area contributed by atoms with Crippen LogP contribution in [-0.4, -0.2) is 37.0 Å². The molecule has 1 fully saturated rings. The van der Waals surface area contributed by atoms with Crippen molar-refractivity contribution in [1.82, 2.24) is 10.2 Å². The van der Waals surface area contributed by atoms with E-state index in [4.69, 9.17) is 0 Å². The molecule has 0 spiro atoms. The molecule has 0 aromatic rings.